The third-order valence-corrected chi connectivity index (χ3v) is 4.69. The van der Waals surface area contributed by atoms with Gasteiger partial charge in [-0.15, -0.1) is 0 Å². The number of nitrogens with two attached hydrogens (primary N) is 1. The van der Waals surface area contributed by atoms with E-state index in [2.05, 4.69) is 14.7 Å². The topological polar surface area (TPSA) is 98.0 Å². The van der Waals surface area contributed by atoms with Crippen molar-refractivity contribution in [3.63, 3.8) is 0 Å². The molecule has 0 aliphatic carbocycles. The number of rotatable bonds is 3. The fourth-order valence-electron chi connectivity index (χ4n) is 1.92. The van der Waals surface area contributed by atoms with Crippen LogP contribution in [0.15, 0.2) is 23.4 Å². The minimum absolute atomic E-state index is 0.0108. The van der Waals surface area contributed by atoms with Crippen LogP contribution < -0.4 is 10.5 Å². The van der Waals surface area contributed by atoms with Crippen molar-refractivity contribution in [2.45, 2.75) is 18.7 Å². The monoisotopic (exact) mass is 330 g/mol. The number of hydrogen-bond donors (Lipinski definition) is 2. The summed E-state index contributed by atoms with van der Waals surface area (Å²) in [5.41, 5.74) is 5.73. The first-order valence-corrected chi connectivity index (χ1v) is 7.64. The van der Waals surface area contributed by atoms with E-state index in [0.717, 1.165) is 12.4 Å². The molecule has 0 spiro atoms. The SMILES string of the molecule is Cc1cc(F)c(N)c(C)c1S(=O)(=O)Nc1cc(Cl)ncn1. The van der Waals surface area contributed by atoms with Crippen LogP contribution in [0.3, 0.4) is 0 Å². The number of nitrogens with one attached hydrogen (secondary N) is 1. The summed E-state index contributed by atoms with van der Waals surface area (Å²) in [7, 11) is -3.98. The predicted octanol–water partition coefficient (Wildman–Crippen LogP) is 2.27. The Morgan fingerprint density at radius 2 is 1.95 bits per heavy atom. The summed E-state index contributed by atoms with van der Waals surface area (Å²) in [5, 5.41) is 0.0924. The van der Waals surface area contributed by atoms with Crippen molar-refractivity contribution >= 4 is 33.1 Å². The van der Waals surface area contributed by atoms with Crippen LogP contribution in [0.4, 0.5) is 15.9 Å². The van der Waals surface area contributed by atoms with E-state index in [0.29, 0.717) is 0 Å². The molecule has 6 nitrogen and oxygen atoms in total. The van der Waals surface area contributed by atoms with E-state index in [-0.39, 0.29) is 32.7 Å². The van der Waals surface area contributed by atoms with Gasteiger partial charge < -0.3 is 5.73 Å². The lowest BCUT2D eigenvalue weighted by atomic mass is 10.1. The Balaban J connectivity index is 2.53. The predicted molar refractivity (Wildman–Crippen MR) is 78.1 cm³/mol. The van der Waals surface area contributed by atoms with Crippen molar-refractivity contribution in [1.82, 2.24) is 9.97 Å². The summed E-state index contributed by atoms with van der Waals surface area (Å²) in [6.07, 6.45) is 1.12. The Morgan fingerprint density at radius 3 is 2.57 bits per heavy atom. The standard InChI is InChI=1S/C12H12ClFN4O2S/c1-6-3-8(14)11(15)7(2)12(6)21(19,20)18-10-4-9(13)16-5-17-10/h3-5H,15H2,1-2H3,(H,16,17,18). The van der Waals surface area contributed by atoms with E-state index in [1.54, 1.807) is 0 Å². The Morgan fingerprint density at radius 1 is 1.29 bits per heavy atom. The number of hydrogen-bond acceptors (Lipinski definition) is 5. The van der Waals surface area contributed by atoms with Crippen LogP contribution in [0, 0.1) is 19.7 Å². The number of halogens is 2. The maximum atomic E-state index is 13.5. The molecule has 1 heterocycles. The van der Waals surface area contributed by atoms with E-state index < -0.39 is 15.8 Å². The zero-order valence-electron chi connectivity index (χ0n) is 11.2. The molecule has 2 aromatic rings. The normalized spacial score (nSPS) is 11.4. The molecule has 1 aromatic carbocycles. The molecule has 0 saturated carbocycles. The number of aromatic nitrogens is 2. The van der Waals surface area contributed by atoms with E-state index in [1.165, 1.54) is 19.9 Å². The highest BCUT2D eigenvalue weighted by atomic mass is 35.5. The van der Waals surface area contributed by atoms with Gasteiger partial charge in [0, 0.05) is 6.07 Å². The molecule has 21 heavy (non-hydrogen) atoms. The van der Waals surface area contributed by atoms with Crippen LogP contribution >= 0.6 is 11.6 Å². The number of benzene rings is 1. The second-order valence-electron chi connectivity index (χ2n) is 4.37. The Kier molecular flexibility index (Phi) is 4.02. The highest BCUT2D eigenvalue weighted by Crippen LogP contribution is 2.28. The molecule has 2 rings (SSSR count). The second-order valence-corrected chi connectivity index (χ2v) is 6.38. The smallest absolute Gasteiger partial charge is 0.263 e. The van der Waals surface area contributed by atoms with Gasteiger partial charge in [-0.2, -0.15) is 0 Å². The Hall–Kier alpha value is -1.93. The molecule has 0 amide bonds. The molecule has 0 unspecified atom stereocenters. The molecule has 0 radical (unpaired) electrons. The average Bonchev–Trinajstić information content (AvgIpc) is 2.35. The van der Waals surface area contributed by atoms with E-state index in [9.17, 15) is 12.8 Å². The van der Waals surface area contributed by atoms with E-state index in [1.807, 2.05) is 0 Å². The minimum atomic E-state index is -3.98. The molecule has 0 aliphatic heterocycles. The van der Waals surface area contributed by atoms with Crippen LogP contribution in [0.2, 0.25) is 5.15 Å². The van der Waals surface area contributed by atoms with Gasteiger partial charge in [0.2, 0.25) is 0 Å². The summed E-state index contributed by atoms with van der Waals surface area (Å²) in [6, 6.07) is 2.33. The third kappa shape index (κ3) is 3.06. The number of nitrogens with zero attached hydrogens (tertiary/aromatic N) is 2. The van der Waals surface area contributed by atoms with Crippen LogP contribution in [0.25, 0.3) is 0 Å². The van der Waals surface area contributed by atoms with Crippen molar-refractivity contribution in [2.24, 2.45) is 0 Å². The van der Waals surface area contributed by atoms with Crippen LogP contribution in [-0.4, -0.2) is 18.4 Å². The van der Waals surface area contributed by atoms with Crippen molar-refractivity contribution in [1.29, 1.82) is 0 Å². The Labute approximate surface area is 126 Å². The molecule has 0 saturated heterocycles. The summed E-state index contributed by atoms with van der Waals surface area (Å²) in [6.45, 7) is 2.92. The fraction of sp³-hybridized carbons (Fsp3) is 0.167. The van der Waals surface area contributed by atoms with Gasteiger partial charge in [-0.1, -0.05) is 11.6 Å². The highest BCUT2D eigenvalue weighted by Gasteiger charge is 2.23. The molecule has 0 fully saturated rings. The third-order valence-electron chi connectivity index (χ3n) is 2.84. The van der Waals surface area contributed by atoms with Crippen LogP contribution in [-0.2, 0) is 10.0 Å². The number of anilines is 2. The van der Waals surface area contributed by atoms with Crippen molar-refractivity contribution < 1.29 is 12.8 Å². The van der Waals surface area contributed by atoms with Gasteiger partial charge in [-0.25, -0.2) is 22.8 Å². The lowest BCUT2D eigenvalue weighted by Gasteiger charge is -2.14. The fourth-order valence-corrected chi connectivity index (χ4v) is 3.55. The maximum Gasteiger partial charge on any atom is 0.263 e. The summed E-state index contributed by atoms with van der Waals surface area (Å²) < 4.78 is 40.6. The minimum Gasteiger partial charge on any atom is -0.396 e. The summed E-state index contributed by atoms with van der Waals surface area (Å²) in [4.78, 5) is 7.32. The lowest BCUT2D eigenvalue weighted by molar-refractivity contribution is 0.598. The average molecular weight is 331 g/mol. The molecule has 0 bridgehead atoms. The first-order valence-electron chi connectivity index (χ1n) is 5.78. The molecule has 9 heteroatoms. The first-order chi connectivity index (χ1) is 9.72. The van der Waals surface area contributed by atoms with Crippen LogP contribution in [0.1, 0.15) is 11.1 Å². The second kappa shape index (κ2) is 5.45. The van der Waals surface area contributed by atoms with Gasteiger partial charge in [-0.3, -0.25) is 4.72 Å². The van der Waals surface area contributed by atoms with Gasteiger partial charge in [-0.05, 0) is 31.0 Å². The molecular formula is C12H12ClFN4O2S. The molecule has 1 aromatic heterocycles. The number of aryl methyl sites for hydroxylation is 1. The van der Waals surface area contributed by atoms with Gasteiger partial charge in [0.05, 0.1) is 10.6 Å². The number of nitrogen functional groups attached to an aromatic ring is 1. The van der Waals surface area contributed by atoms with Gasteiger partial charge >= 0.3 is 0 Å². The highest BCUT2D eigenvalue weighted by molar-refractivity contribution is 7.92. The quantitative estimate of drug-likeness (QED) is 0.664. The lowest BCUT2D eigenvalue weighted by Crippen LogP contribution is -2.18. The zero-order chi connectivity index (χ0) is 15.8. The largest absolute Gasteiger partial charge is 0.396 e. The van der Waals surface area contributed by atoms with Crippen molar-refractivity contribution in [3.05, 3.63) is 40.6 Å². The number of sulfonamides is 1. The molecule has 0 aliphatic rings. The molecule has 0 atom stereocenters. The maximum absolute atomic E-state index is 13.5. The zero-order valence-corrected chi connectivity index (χ0v) is 12.8. The van der Waals surface area contributed by atoms with Crippen molar-refractivity contribution in [2.75, 3.05) is 10.5 Å². The van der Waals surface area contributed by atoms with Gasteiger partial charge in [0.25, 0.3) is 10.0 Å². The molecule has 3 N–H and O–H groups in total. The Bertz CT molecular complexity index is 811. The van der Waals surface area contributed by atoms with E-state index >= 15 is 0 Å². The molecule has 112 valence electrons. The summed E-state index contributed by atoms with van der Waals surface area (Å²) in [5.74, 6) is -0.647. The van der Waals surface area contributed by atoms with E-state index in [4.69, 9.17) is 17.3 Å². The van der Waals surface area contributed by atoms with Crippen LogP contribution in [0.5, 0.6) is 0 Å². The van der Waals surface area contributed by atoms with Gasteiger partial charge in [0.1, 0.15) is 23.1 Å². The van der Waals surface area contributed by atoms with Crippen molar-refractivity contribution in [3.8, 4) is 0 Å². The van der Waals surface area contributed by atoms with Gasteiger partial charge in [0.15, 0.2) is 0 Å². The first kappa shape index (κ1) is 15.5. The summed E-state index contributed by atoms with van der Waals surface area (Å²) >= 11 is 5.67. The molecular weight excluding hydrogens is 319 g/mol.